The fourth-order valence-corrected chi connectivity index (χ4v) is 3.46. The number of benzene rings is 2. The molecule has 0 aliphatic heterocycles. The van der Waals surface area contributed by atoms with Crippen LogP contribution in [0.4, 0.5) is 0 Å². The summed E-state index contributed by atoms with van der Waals surface area (Å²) in [6.45, 7) is 2.03. The van der Waals surface area contributed by atoms with Crippen molar-refractivity contribution in [3.8, 4) is 5.75 Å². The molecule has 0 amide bonds. The average Bonchev–Trinajstić information content (AvgIpc) is 2.61. The Morgan fingerprint density at radius 2 is 1.71 bits per heavy atom. The van der Waals surface area contributed by atoms with Gasteiger partial charge in [-0.05, 0) is 30.9 Å². The average molecular weight is 324 g/mol. The Bertz CT molecular complexity index is 666. The third-order valence-electron chi connectivity index (χ3n) is 4.58. The van der Waals surface area contributed by atoms with E-state index in [9.17, 15) is 4.79 Å². The van der Waals surface area contributed by atoms with Gasteiger partial charge in [0.25, 0.3) is 0 Å². The van der Waals surface area contributed by atoms with Crippen LogP contribution in [0.25, 0.3) is 0 Å². The number of ether oxygens (including phenoxy) is 2. The third kappa shape index (κ3) is 4.16. The van der Waals surface area contributed by atoms with Gasteiger partial charge in [-0.15, -0.1) is 0 Å². The number of hydrogen-bond donors (Lipinski definition) is 0. The lowest BCUT2D eigenvalue weighted by atomic mass is 9.81. The van der Waals surface area contributed by atoms with Gasteiger partial charge in [0.05, 0.1) is 0 Å². The molecule has 0 aromatic heterocycles. The summed E-state index contributed by atoms with van der Waals surface area (Å²) in [5, 5.41) is 0. The van der Waals surface area contributed by atoms with Crippen molar-refractivity contribution in [2.24, 2.45) is 0 Å². The second-order valence-corrected chi connectivity index (χ2v) is 6.35. The summed E-state index contributed by atoms with van der Waals surface area (Å²) in [6.07, 6.45) is 4.19. The zero-order chi connectivity index (χ0) is 16.8. The van der Waals surface area contributed by atoms with Gasteiger partial charge in [-0.3, -0.25) is 4.79 Å². The summed E-state index contributed by atoms with van der Waals surface area (Å²) in [6, 6.07) is 18.3. The number of para-hydroxylation sites is 1. The first-order chi connectivity index (χ1) is 11.7. The van der Waals surface area contributed by atoms with Gasteiger partial charge < -0.3 is 9.47 Å². The molecule has 0 unspecified atom stereocenters. The normalized spacial score (nSPS) is 20.4. The third-order valence-corrected chi connectivity index (χ3v) is 4.58. The van der Waals surface area contributed by atoms with Crippen LogP contribution in [0.1, 0.15) is 49.7 Å². The Morgan fingerprint density at radius 1 is 1.00 bits per heavy atom. The van der Waals surface area contributed by atoms with Gasteiger partial charge in [-0.25, -0.2) is 0 Å². The Morgan fingerprint density at radius 3 is 2.50 bits per heavy atom. The van der Waals surface area contributed by atoms with Crippen LogP contribution in [0.3, 0.4) is 0 Å². The standard InChI is InChI=1S/C21H24O3/c1-16(22)24-21-14-8-6-12-19(21)18-11-5-7-13-20(18)23-15-17-9-3-2-4-10-17/h2-5,7,9-11,13,19,21H,6,8,12,14-15H2,1H3/t19-,21+/m1/s1. The van der Waals surface area contributed by atoms with Crippen molar-refractivity contribution in [1.29, 1.82) is 0 Å². The molecule has 0 spiro atoms. The maximum Gasteiger partial charge on any atom is 0.302 e. The Balaban J connectivity index is 1.78. The van der Waals surface area contributed by atoms with Crippen LogP contribution < -0.4 is 4.74 Å². The molecule has 126 valence electrons. The van der Waals surface area contributed by atoms with E-state index < -0.39 is 0 Å². The predicted molar refractivity (Wildman–Crippen MR) is 94.0 cm³/mol. The van der Waals surface area contributed by atoms with Crippen molar-refractivity contribution in [2.45, 2.75) is 51.2 Å². The summed E-state index contributed by atoms with van der Waals surface area (Å²) in [5.41, 5.74) is 2.30. The summed E-state index contributed by atoms with van der Waals surface area (Å²) >= 11 is 0. The molecule has 2 atom stereocenters. The van der Waals surface area contributed by atoms with E-state index in [1.165, 1.54) is 6.92 Å². The molecule has 3 rings (SSSR count). The fraction of sp³-hybridized carbons (Fsp3) is 0.381. The summed E-state index contributed by atoms with van der Waals surface area (Å²) in [7, 11) is 0. The fourth-order valence-electron chi connectivity index (χ4n) is 3.46. The Kier molecular flexibility index (Phi) is 5.52. The summed E-state index contributed by atoms with van der Waals surface area (Å²) in [5.74, 6) is 0.912. The molecular weight excluding hydrogens is 300 g/mol. The second kappa shape index (κ2) is 8.00. The monoisotopic (exact) mass is 324 g/mol. The molecular formula is C21H24O3. The van der Waals surface area contributed by atoms with Gasteiger partial charge in [0.2, 0.25) is 0 Å². The SMILES string of the molecule is CC(=O)O[C@H]1CCCC[C@@H]1c1ccccc1OCc1ccccc1. The quantitative estimate of drug-likeness (QED) is 0.737. The van der Waals surface area contributed by atoms with E-state index in [0.717, 1.165) is 42.6 Å². The highest BCUT2D eigenvalue weighted by molar-refractivity contribution is 5.66. The van der Waals surface area contributed by atoms with Crippen LogP contribution in [0.5, 0.6) is 5.75 Å². The van der Waals surface area contributed by atoms with Gasteiger partial charge in [0.1, 0.15) is 18.5 Å². The van der Waals surface area contributed by atoms with E-state index in [4.69, 9.17) is 9.47 Å². The van der Waals surface area contributed by atoms with Gasteiger partial charge in [0.15, 0.2) is 0 Å². The van der Waals surface area contributed by atoms with Crippen LogP contribution in [0.2, 0.25) is 0 Å². The van der Waals surface area contributed by atoms with Crippen molar-refractivity contribution >= 4 is 5.97 Å². The van der Waals surface area contributed by atoms with E-state index >= 15 is 0 Å². The largest absolute Gasteiger partial charge is 0.489 e. The van der Waals surface area contributed by atoms with Gasteiger partial charge in [-0.1, -0.05) is 55.0 Å². The molecule has 0 bridgehead atoms. The minimum absolute atomic E-state index is 0.0438. The van der Waals surface area contributed by atoms with Gasteiger partial charge in [0, 0.05) is 18.4 Å². The van der Waals surface area contributed by atoms with Crippen LogP contribution >= 0.6 is 0 Å². The number of rotatable bonds is 5. The molecule has 1 saturated carbocycles. The van der Waals surface area contributed by atoms with Crippen LogP contribution in [0.15, 0.2) is 54.6 Å². The number of esters is 1. The van der Waals surface area contributed by atoms with E-state index in [0.29, 0.717) is 6.61 Å². The minimum Gasteiger partial charge on any atom is -0.489 e. The summed E-state index contributed by atoms with van der Waals surface area (Å²) < 4.78 is 11.7. The Hall–Kier alpha value is -2.29. The lowest BCUT2D eigenvalue weighted by Crippen LogP contribution is -2.28. The van der Waals surface area contributed by atoms with Crippen molar-refractivity contribution in [3.63, 3.8) is 0 Å². The van der Waals surface area contributed by atoms with Crippen molar-refractivity contribution in [3.05, 3.63) is 65.7 Å². The first-order valence-electron chi connectivity index (χ1n) is 8.67. The zero-order valence-electron chi connectivity index (χ0n) is 14.1. The lowest BCUT2D eigenvalue weighted by Gasteiger charge is -2.32. The van der Waals surface area contributed by atoms with E-state index in [1.807, 2.05) is 36.4 Å². The van der Waals surface area contributed by atoms with E-state index in [1.54, 1.807) is 0 Å². The second-order valence-electron chi connectivity index (χ2n) is 6.35. The van der Waals surface area contributed by atoms with Crippen LogP contribution in [0, 0.1) is 0 Å². The van der Waals surface area contributed by atoms with Gasteiger partial charge in [-0.2, -0.15) is 0 Å². The zero-order valence-corrected chi connectivity index (χ0v) is 14.1. The molecule has 0 N–H and O–H groups in total. The van der Waals surface area contributed by atoms with Crippen molar-refractivity contribution in [1.82, 2.24) is 0 Å². The molecule has 2 aromatic rings. The molecule has 1 fully saturated rings. The van der Waals surface area contributed by atoms with Crippen molar-refractivity contribution < 1.29 is 14.3 Å². The number of carbonyl (C=O) groups is 1. The summed E-state index contributed by atoms with van der Waals surface area (Å²) in [4.78, 5) is 11.4. The predicted octanol–water partition coefficient (Wildman–Crippen LogP) is 4.85. The van der Waals surface area contributed by atoms with Gasteiger partial charge >= 0.3 is 5.97 Å². The molecule has 0 radical (unpaired) electrons. The molecule has 1 aliphatic carbocycles. The maximum atomic E-state index is 11.4. The lowest BCUT2D eigenvalue weighted by molar-refractivity contribution is -0.148. The first kappa shape index (κ1) is 16.6. The van der Waals surface area contributed by atoms with Crippen LogP contribution in [-0.4, -0.2) is 12.1 Å². The number of carbonyl (C=O) groups excluding carboxylic acids is 1. The Labute approximate surface area is 143 Å². The minimum atomic E-state index is -0.199. The maximum absolute atomic E-state index is 11.4. The molecule has 3 heteroatoms. The van der Waals surface area contributed by atoms with Crippen LogP contribution in [-0.2, 0) is 16.1 Å². The number of hydrogen-bond acceptors (Lipinski definition) is 3. The molecule has 24 heavy (non-hydrogen) atoms. The van der Waals surface area contributed by atoms with E-state index in [-0.39, 0.29) is 18.0 Å². The van der Waals surface area contributed by atoms with Crippen molar-refractivity contribution in [2.75, 3.05) is 0 Å². The topological polar surface area (TPSA) is 35.5 Å². The highest BCUT2D eigenvalue weighted by atomic mass is 16.5. The molecule has 2 aromatic carbocycles. The molecule has 1 aliphatic rings. The molecule has 3 nitrogen and oxygen atoms in total. The highest BCUT2D eigenvalue weighted by Gasteiger charge is 2.30. The highest BCUT2D eigenvalue weighted by Crippen LogP contribution is 2.39. The first-order valence-corrected chi connectivity index (χ1v) is 8.67. The molecule has 0 saturated heterocycles. The molecule has 0 heterocycles. The smallest absolute Gasteiger partial charge is 0.302 e. The van der Waals surface area contributed by atoms with E-state index in [2.05, 4.69) is 18.2 Å².